The monoisotopic (exact) mass is 873 g/mol. The number of hydrogen-bond donors (Lipinski definition) is 1. The van der Waals surface area contributed by atoms with Crippen molar-refractivity contribution >= 4 is 46.7 Å². The maximum absolute atomic E-state index is 14.8. The fourth-order valence-corrected chi connectivity index (χ4v) is 15.1. The Bertz CT molecular complexity index is 2690. The molecule has 0 aliphatic carbocycles. The molecule has 322 valence electrons. The van der Waals surface area contributed by atoms with E-state index < -0.39 is 24.4 Å². The number of hydrogen-bond acceptors (Lipinski definition) is 8. The van der Waals surface area contributed by atoms with E-state index in [0.29, 0.717) is 31.8 Å². The van der Waals surface area contributed by atoms with Crippen LogP contribution >= 0.6 is 0 Å². The molecule has 4 heterocycles. The Morgan fingerprint density at radius 1 is 0.810 bits per heavy atom. The minimum Gasteiger partial charge on any atom is -0.597 e. The van der Waals surface area contributed by atoms with Crippen LogP contribution in [0.25, 0.3) is 39.2 Å². The van der Waals surface area contributed by atoms with Crippen molar-refractivity contribution < 1.29 is 22.9 Å². The Hall–Kier alpha value is -5.62. The van der Waals surface area contributed by atoms with Crippen LogP contribution in [0.5, 0.6) is 11.5 Å². The van der Waals surface area contributed by atoms with E-state index in [2.05, 4.69) is 140 Å². The lowest BCUT2D eigenvalue weighted by molar-refractivity contribution is 0.174. The third-order valence-corrected chi connectivity index (χ3v) is 19.0. The average Bonchev–Trinajstić information content (AvgIpc) is 4.03. The van der Waals surface area contributed by atoms with Crippen LogP contribution in [0.1, 0.15) is 76.4 Å². The van der Waals surface area contributed by atoms with E-state index in [1.54, 1.807) is 0 Å². The highest BCUT2D eigenvalue weighted by Gasteiger charge is 2.51. The average molecular weight is 874 g/mol. The summed E-state index contributed by atoms with van der Waals surface area (Å²) in [5.74, 6) is 2.27. The number of aromatic nitrogens is 1. The largest absolute Gasteiger partial charge is 0.597 e. The zero-order chi connectivity index (χ0) is 43.9. The van der Waals surface area contributed by atoms with Gasteiger partial charge in [0.2, 0.25) is 6.79 Å². The van der Waals surface area contributed by atoms with Crippen LogP contribution in [0.15, 0.2) is 151 Å². The van der Waals surface area contributed by atoms with Gasteiger partial charge in [-0.1, -0.05) is 130 Å². The van der Waals surface area contributed by atoms with E-state index >= 15 is 0 Å². The lowest BCUT2D eigenvalue weighted by Crippen LogP contribution is -2.66. The van der Waals surface area contributed by atoms with Crippen LogP contribution < -0.4 is 25.2 Å². The number of rotatable bonds is 13. The summed E-state index contributed by atoms with van der Waals surface area (Å²) in [4.78, 5) is 5.46. The third kappa shape index (κ3) is 8.34. The van der Waals surface area contributed by atoms with Crippen LogP contribution in [0.2, 0.25) is 5.04 Å². The van der Waals surface area contributed by atoms with Crippen LogP contribution in [0.3, 0.4) is 0 Å². The zero-order valence-electron chi connectivity index (χ0n) is 36.9. The second-order valence-corrected chi connectivity index (χ2v) is 24.9. The van der Waals surface area contributed by atoms with Gasteiger partial charge in [-0.25, -0.2) is 4.98 Å². The zero-order valence-corrected chi connectivity index (χ0v) is 38.8. The molecular formula is C53H55N3O5SSi. The highest BCUT2D eigenvalue weighted by Crippen LogP contribution is 2.47. The standard InChI is InChI=1S/C53H55N3O5SSi/c1-36(54-33-37-25-26-47-49(29-37)59-35-58-47)44-31-41-34-56(62(57)52(2,3)4)45(27-28-60-63(53(5,6)7,42-20-10-8-11-21-42)43-22-12-9-13-23-43)50(41)51(55-44)40-19-16-18-38(30-40)48-32-39-17-14-15-24-46(39)61-48/h8-26,29-32,45,54H,1,27-28,33-35H2,2-7H3/t45-,62-/m1/s1. The van der Waals surface area contributed by atoms with Gasteiger partial charge in [-0.15, -0.1) is 4.31 Å². The first kappa shape index (κ1) is 42.7. The second-order valence-electron chi connectivity index (χ2n) is 18.4. The van der Waals surface area contributed by atoms with Gasteiger partial charge >= 0.3 is 0 Å². The number of furan rings is 1. The van der Waals surface area contributed by atoms with E-state index in [9.17, 15) is 4.55 Å². The van der Waals surface area contributed by atoms with Crippen molar-refractivity contribution in [3.05, 3.63) is 168 Å². The normalized spacial score (nSPS) is 15.7. The first-order valence-electron chi connectivity index (χ1n) is 21.7. The fraction of sp³-hybridized carbons (Fsp3) is 0.264. The van der Waals surface area contributed by atoms with Gasteiger partial charge in [-0.3, -0.25) is 0 Å². The molecule has 0 bridgehead atoms. The van der Waals surface area contributed by atoms with E-state index in [1.165, 1.54) is 10.4 Å². The molecule has 2 atom stereocenters. The molecule has 0 amide bonds. The van der Waals surface area contributed by atoms with Crippen LogP contribution in [-0.4, -0.2) is 40.3 Å². The number of nitrogens with zero attached hydrogens (tertiary/aromatic N) is 2. The Labute approximate surface area is 375 Å². The van der Waals surface area contributed by atoms with Gasteiger partial charge in [-0.05, 0) is 90.1 Å². The molecule has 5 aromatic carbocycles. The van der Waals surface area contributed by atoms with Gasteiger partial charge < -0.3 is 28.2 Å². The molecule has 0 saturated carbocycles. The quantitative estimate of drug-likeness (QED) is 0.0905. The minimum absolute atomic E-state index is 0.191. The highest BCUT2D eigenvalue weighted by molar-refractivity contribution is 7.90. The first-order chi connectivity index (χ1) is 30.3. The summed E-state index contributed by atoms with van der Waals surface area (Å²) in [6.07, 6.45) is 0.611. The molecule has 9 rings (SSSR count). The molecule has 8 nitrogen and oxygen atoms in total. The third-order valence-electron chi connectivity index (χ3n) is 12.1. The topological polar surface area (TPSA) is 92.0 Å². The Morgan fingerprint density at radius 2 is 1.49 bits per heavy atom. The summed E-state index contributed by atoms with van der Waals surface area (Å²) >= 11 is -1.35. The molecule has 7 aromatic rings. The summed E-state index contributed by atoms with van der Waals surface area (Å²) in [5.41, 5.74) is 8.14. The maximum Gasteiger partial charge on any atom is 0.261 e. The summed E-state index contributed by atoms with van der Waals surface area (Å²) in [6.45, 7) is 19.2. The number of ether oxygens (including phenoxy) is 2. The van der Waals surface area contributed by atoms with Crippen molar-refractivity contribution in [2.75, 3.05) is 13.4 Å². The number of nitrogens with one attached hydrogen (secondary N) is 1. The van der Waals surface area contributed by atoms with Crippen molar-refractivity contribution in [3.63, 3.8) is 0 Å². The molecule has 0 unspecified atom stereocenters. The van der Waals surface area contributed by atoms with Crippen LogP contribution in [0.4, 0.5) is 0 Å². The molecular weight excluding hydrogens is 819 g/mol. The van der Waals surface area contributed by atoms with E-state index in [1.807, 2.05) is 57.2 Å². The molecule has 1 N–H and O–H groups in total. The van der Waals surface area contributed by atoms with Gasteiger partial charge in [0.05, 0.1) is 29.7 Å². The number of para-hydroxylation sites is 1. The van der Waals surface area contributed by atoms with Crippen molar-refractivity contribution in [1.82, 2.24) is 14.6 Å². The Balaban J connectivity index is 1.13. The fourth-order valence-electron chi connectivity index (χ4n) is 9.10. The molecule has 0 saturated heterocycles. The van der Waals surface area contributed by atoms with Crippen molar-refractivity contribution in [2.24, 2.45) is 0 Å². The van der Waals surface area contributed by atoms with E-state index in [0.717, 1.165) is 67.4 Å². The number of pyridine rings is 1. The summed E-state index contributed by atoms with van der Waals surface area (Å²) in [6, 6.07) is 47.9. The summed E-state index contributed by atoms with van der Waals surface area (Å²) < 4.78 is 41.5. The second kappa shape index (κ2) is 17.2. The molecule has 2 aromatic heterocycles. The molecule has 0 spiro atoms. The van der Waals surface area contributed by atoms with Crippen molar-refractivity contribution in [2.45, 2.75) is 76.9 Å². The van der Waals surface area contributed by atoms with Gasteiger partial charge in [0.25, 0.3) is 8.32 Å². The van der Waals surface area contributed by atoms with Crippen molar-refractivity contribution in [1.29, 1.82) is 0 Å². The number of benzene rings is 5. The minimum atomic E-state index is -2.86. The smallest absolute Gasteiger partial charge is 0.261 e. The van der Waals surface area contributed by atoms with Gasteiger partial charge in [0.15, 0.2) is 11.5 Å². The Morgan fingerprint density at radius 3 is 2.19 bits per heavy atom. The Kier molecular flexibility index (Phi) is 11.6. The molecule has 2 aliphatic heterocycles. The molecule has 2 aliphatic rings. The number of fused-ring (bicyclic) bond motifs is 3. The van der Waals surface area contributed by atoms with Gasteiger partial charge in [0.1, 0.15) is 16.1 Å². The van der Waals surface area contributed by atoms with Crippen molar-refractivity contribution in [3.8, 4) is 34.1 Å². The van der Waals surface area contributed by atoms with Crippen LogP contribution in [0, 0.1) is 0 Å². The summed E-state index contributed by atoms with van der Waals surface area (Å²) in [5, 5.41) is 6.85. The summed E-state index contributed by atoms with van der Waals surface area (Å²) in [7, 11) is -2.86. The van der Waals surface area contributed by atoms with Crippen LogP contribution in [-0.2, 0) is 28.9 Å². The SMILES string of the molecule is C=C(NCc1ccc2c(c1)OCO2)c1cc2c(c(-c3cccc(-c4cc5ccccc5o4)c3)n1)[C@@H](CCO[Si](c1ccccc1)(c1ccccc1)C(C)(C)C)N([S@+]([O-])C(C)(C)C)C2. The molecule has 10 heteroatoms. The highest BCUT2D eigenvalue weighted by atomic mass is 32.2. The van der Waals surface area contributed by atoms with E-state index in [-0.39, 0.29) is 17.9 Å². The molecule has 63 heavy (non-hydrogen) atoms. The van der Waals surface area contributed by atoms with E-state index in [4.69, 9.17) is 23.3 Å². The maximum atomic E-state index is 14.8. The predicted molar refractivity (Wildman–Crippen MR) is 258 cm³/mol. The first-order valence-corrected chi connectivity index (χ1v) is 24.7. The predicted octanol–water partition coefficient (Wildman–Crippen LogP) is 10.9. The lowest BCUT2D eigenvalue weighted by atomic mass is 9.94. The molecule has 0 radical (unpaired) electrons. The van der Waals surface area contributed by atoms with Gasteiger partial charge in [-0.2, -0.15) is 0 Å². The van der Waals surface area contributed by atoms with Gasteiger partial charge in [0, 0.05) is 46.6 Å². The molecule has 0 fully saturated rings. The lowest BCUT2D eigenvalue weighted by Gasteiger charge is -2.43.